The molecule has 0 spiro atoms. The van der Waals surface area contributed by atoms with Gasteiger partial charge in [0.15, 0.2) is 11.8 Å². The Morgan fingerprint density at radius 1 is 1.23 bits per heavy atom. The van der Waals surface area contributed by atoms with Crippen molar-refractivity contribution in [3.63, 3.8) is 0 Å². The van der Waals surface area contributed by atoms with Gasteiger partial charge in [-0.05, 0) is 12.1 Å². The van der Waals surface area contributed by atoms with Crippen LogP contribution in [0, 0.1) is 0 Å². The molecule has 1 aliphatic rings. The summed E-state index contributed by atoms with van der Waals surface area (Å²) in [5.41, 5.74) is 0.680. The molecular formula is C17H25N7O2. The van der Waals surface area contributed by atoms with Crippen LogP contribution in [0.4, 0.5) is 0 Å². The smallest absolute Gasteiger partial charge is 0.276 e. The number of nitrogens with zero attached hydrogens (tertiary/aromatic N) is 5. The zero-order valence-electron chi connectivity index (χ0n) is 15.0. The quantitative estimate of drug-likeness (QED) is 0.533. The average molecular weight is 359 g/mol. The molecule has 2 N–H and O–H groups in total. The minimum absolute atomic E-state index is 0.439. The van der Waals surface area contributed by atoms with Crippen LogP contribution in [-0.2, 0) is 11.2 Å². The normalized spacial score (nSPS) is 15.8. The fourth-order valence-corrected chi connectivity index (χ4v) is 2.62. The van der Waals surface area contributed by atoms with Crippen LogP contribution in [-0.4, -0.2) is 79.0 Å². The maximum absolute atomic E-state index is 5.35. The second-order valence-corrected chi connectivity index (χ2v) is 5.86. The predicted octanol–water partition coefficient (Wildman–Crippen LogP) is 0.171. The van der Waals surface area contributed by atoms with Crippen LogP contribution in [0.5, 0.6) is 0 Å². The fraction of sp³-hybridized carbons (Fsp3) is 0.529. The number of aromatic nitrogens is 3. The lowest BCUT2D eigenvalue weighted by Crippen LogP contribution is -2.44. The molecular weight excluding hydrogens is 334 g/mol. The van der Waals surface area contributed by atoms with Crippen molar-refractivity contribution in [1.29, 1.82) is 0 Å². The highest BCUT2D eigenvalue weighted by molar-refractivity contribution is 5.79. The van der Waals surface area contributed by atoms with Gasteiger partial charge in [-0.3, -0.25) is 14.9 Å². The van der Waals surface area contributed by atoms with Crippen LogP contribution >= 0.6 is 0 Å². The Morgan fingerprint density at radius 2 is 2.08 bits per heavy atom. The standard InChI is InChI=1S/C17H25N7O2/c1-18-17(21-8-9-24-10-12-25-13-11-24)20-7-5-15-22-16(26-23-15)14-4-2-3-6-19-14/h2-4,6H,5,7-13H2,1H3,(H2,18,20,21). The third kappa shape index (κ3) is 5.50. The van der Waals surface area contributed by atoms with E-state index in [4.69, 9.17) is 9.26 Å². The molecule has 2 aromatic heterocycles. The highest BCUT2D eigenvalue weighted by atomic mass is 16.5. The van der Waals surface area contributed by atoms with Crippen LogP contribution in [0.15, 0.2) is 33.9 Å². The van der Waals surface area contributed by atoms with Crippen molar-refractivity contribution in [1.82, 2.24) is 30.7 Å². The summed E-state index contributed by atoms with van der Waals surface area (Å²) in [6, 6.07) is 5.58. The van der Waals surface area contributed by atoms with E-state index in [1.807, 2.05) is 18.2 Å². The summed E-state index contributed by atoms with van der Waals surface area (Å²) in [4.78, 5) is 15.2. The Balaban J connectivity index is 1.37. The van der Waals surface area contributed by atoms with Gasteiger partial charge in [-0.25, -0.2) is 0 Å². The lowest BCUT2D eigenvalue weighted by atomic mass is 10.3. The largest absolute Gasteiger partial charge is 0.379 e. The van der Waals surface area contributed by atoms with E-state index >= 15 is 0 Å². The van der Waals surface area contributed by atoms with Gasteiger partial charge in [-0.1, -0.05) is 11.2 Å². The highest BCUT2D eigenvalue weighted by Gasteiger charge is 2.11. The molecule has 1 saturated heterocycles. The number of nitrogens with one attached hydrogen (secondary N) is 2. The summed E-state index contributed by atoms with van der Waals surface area (Å²) >= 11 is 0. The van der Waals surface area contributed by atoms with Gasteiger partial charge in [0.2, 0.25) is 0 Å². The lowest BCUT2D eigenvalue weighted by Gasteiger charge is -2.26. The Hall–Kier alpha value is -2.52. The summed E-state index contributed by atoms with van der Waals surface area (Å²) < 4.78 is 10.6. The van der Waals surface area contributed by atoms with E-state index in [1.165, 1.54) is 0 Å². The SMILES string of the molecule is CN=C(NCCc1noc(-c2ccccn2)n1)NCCN1CCOCC1. The number of hydrogen-bond donors (Lipinski definition) is 2. The Labute approximate surface area is 152 Å². The van der Waals surface area contributed by atoms with Crippen molar-refractivity contribution in [2.24, 2.45) is 4.99 Å². The number of pyridine rings is 1. The molecule has 26 heavy (non-hydrogen) atoms. The van der Waals surface area contributed by atoms with Gasteiger partial charge in [-0.2, -0.15) is 4.98 Å². The number of guanidine groups is 1. The lowest BCUT2D eigenvalue weighted by molar-refractivity contribution is 0.0389. The van der Waals surface area contributed by atoms with Crippen LogP contribution in [0.1, 0.15) is 5.82 Å². The second-order valence-electron chi connectivity index (χ2n) is 5.86. The van der Waals surface area contributed by atoms with Crippen molar-refractivity contribution in [2.75, 3.05) is 53.0 Å². The molecule has 1 aliphatic heterocycles. The topological polar surface area (TPSA) is 101 Å². The molecule has 0 radical (unpaired) electrons. The zero-order chi connectivity index (χ0) is 18.0. The molecule has 0 aromatic carbocycles. The van der Waals surface area contributed by atoms with Crippen molar-refractivity contribution in [3.8, 4) is 11.6 Å². The maximum Gasteiger partial charge on any atom is 0.276 e. The summed E-state index contributed by atoms with van der Waals surface area (Å²) in [6.07, 6.45) is 2.34. The summed E-state index contributed by atoms with van der Waals surface area (Å²) in [6.45, 7) is 6.09. The molecule has 9 nitrogen and oxygen atoms in total. The third-order valence-electron chi connectivity index (χ3n) is 4.04. The average Bonchev–Trinajstić information content (AvgIpc) is 3.17. The molecule has 1 fully saturated rings. The van der Waals surface area contributed by atoms with E-state index in [1.54, 1.807) is 13.2 Å². The van der Waals surface area contributed by atoms with E-state index in [0.29, 0.717) is 30.4 Å². The van der Waals surface area contributed by atoms with Crippen LogP contribution in [0.25, 0.3) is 11.6 Å². The second kappa shape index (κ2) is 9.83. The van der Waals surface area contributed by atoms with Crippen LogP contribution in [0.2, 0.25) is 0 Å². The first-order valence-corrected chi connectivity index (χ1v) is 8.84. The van der Waals surface area contributed by atoms with Crippen LogP contribution in [0.3, 0.4) is 0 Å². The molecule has 3 rings (SSSR count). The van der Waals surface area contributed by atoms with Crippen LogP contribution < -0.4 is 10.6 Å². The van der Waals surface area contributed by atoms with Gasteiger partial charge in [-0.15, -0.1) is 0 Å². The number of hydrogen-bond acceptors (Lipinski definition) is 7. The number of aliphatic imine (C=N–C) groups is 1. The minimum atomic E-state index is 0.439. The van der Waals surface area contributed by atoms with Crippen molar-refractivity contribution >= 4 is 5.96 Å². The molecule has 3 heterocycles. The monoisotopic (exact) mass is 359 g/mol. The Bertz CT molecular complexity index is 683. The molecule has 0 aliphatic carbocycles. The number of ether oxygens (including phenoxy) is 1. The molecule has 0 amide bonds. The van der Waals surface area contributed by atoms with Gasteiger partial charge in [0, 0.05) is 52.4 Å². The first kappa shape index (κ1) is 18.3. The van der Waals surface area contributed by atoms with Gasteiger partial charge in [0.1, 0.15) is 5.69 Å². The van der Waals surface area contributed by atoms with E-state index in [0.717, 1.165) is 45.4 Å². The number of morpholine rings is 1. The summed E-state index contributed by atoms with van der Waals surface area (Å²) in [5.74, 6) is 1.85. The van der Waals surface area contributed by atoms with E-state index in [-0.39, 0.29) is 0 Å². The van der Waals surface area contributed by atoms with E-state index < -0.39 is 0 Å². The Kier molecular flexibility index (Phi) is 6.91. The molecule has 0 bridgehead atoms. The minimum Gasteiger partial charge on any atom is -0.379 e. The molecule has 9 heteroatoms. The van der Waals surface area contributed by atoms with Gasteiger partial charge in [0.25, 0.3) is 5.89 Å². The molecule has 2 aromatic rings. The fourth-order valence-electron chi connectivity index (χ4n) is 2.62. The summed E-state index contributed by atoms with van der Waals surface area (Å²) in [5, 5.41) is 10.6. The third-order valence-corrected chi connectivity index (χ3v) is 4.04. The Morgan fingerprint density at radius 3 is 2.85 bits per heavy atom. The zero-order valence-corrected chi connectivity index (χ0v) is 15.0. The predicted molar refractivity (Wildman–Crippen MR) is 97.9 cm³/mol. The van der Waals surface area contributed by atoms with Crippen molar-refractivity contribution < 1.29 is 9.26 Å². The molecule has 0 atom stereocenters. The molecule has 140 valence electrons. The molecule has 0 unspecified atom stereocenters. The van der Waals surface area contributed by atoms with E-state index in [9.17, 15) is 0 Å². The van der Waals surface area contributed by atoms with Gasteiger partial charge in [0.05, 0.1) is 13.2 Å². The highest BCUT2D eigenvalue weighted by Crippen LogP contribution is 2.12. The van der Waals surface area contributed by atoms with Gasteiger partial charge >= 0.3 is 0 Å². The van der Waals surface area contributed by atoms with E-state index in [2.05, 4.69) is 35.7 Å². The van der Waals surface area contributed by atoms with Gasteiger partial charge < -0.3 is 19.9 Å². The first-order valence-electron chi connectivity index (χ1n) is 8.84. The number of rotatable bonds is 7. The van der Waals surface area contributed by atoms with Crippen molar-refractivity contribution in [2.45, 2.75) is 6.42 Å². The van der Waals surface area contributed by atoms with Crippen molar-refractivity contribution in [3.05, 3.63) is 30.2 Å². The first-order chi connectivity index (χ1) is 12.8. The maximum atomic E-state index is 5.35. The molecule has 0 saturated carbocycles. The summed E-state index contributed by atoms with van der Waals surface area (Å²) in [7, 11) is 1.76.